The first-order chi connectivity index (χ1) is 14.7. The maximum Gasteiger partial charge on any atom is 0.0463 e. The van der Waals surface area contributed by atoms with Gasteiger partial charge in [-0.15, -0.1) is 0 Å². The van der Waals surface area contributed by atoms with Crippen LogP contribution in [0.2, 0.25) is 0 Å². The molecule has 2 N–H and O–H groups in total. The Morgan fingerprint density at radius 1 is 0.452 bits per heavy atom. The van der Waals surface area contributed by atoms with Crippen molar-refractivity contribution in [3.63, 3.8) is 0 Å². The van der Waals surface area contributed by atoms with Gasteiger partial charge in [0.05, 0.1) is 0 Å². The van der Waals surface area contributed by atoms with Gasteiger partial charge in [-0.2, -0.15) is 0 Å². The van der Waals surface area contributed by atoms with Crippen molar-refractivity contribution in [3.05, 3.63) is 115 Å². The number of rotatable bonds is 5. The van der Waals surface area contributed by atoms with Crippen LogP contribution in [0, 0.1) is 6.92 Å². The predicted octanol–water partition coefficient (Wildman–Crippen LogP) is 7.43. The monoisotopic (exact) mass is 412 g/mol. The third-order valence-electron chi connectivity index (χ3n) is 4.95. The van der Waals surface area contributed by atoms with Gasteiger partial charge in [0.15, 0.2) is 0 Å². The van der Waals surface area contributed by atoms with Gasteiger partial charge in [-0.3, -0.25) is 0 Å². The van der Waals surface area contributed by atoms with Gasteiger partial charge in [-0.05, 0) is 67.6 Å². The van der Waals surface area contributed by atoms with Crippen molar-refractivity contribution in [1.29, 1.82) is 0 Å². The van der Waals surface area contributed by atoms with Crippen LogP contribution in [0.4, 0.5) is 28.4 Å². The summed E-state index contributed by atoms with van der Waals surface area (Å²) in [6.45, 7) is 6.11. The van der Waals surface area contributed by atoms with Gasteiger partial charge in [0, 0.05) is 35.5 Å². The van der Waals surface area contributed by atoms with Crippen LogP contribution in [-0.2, 0) is 0 Å². The number of benzene rings is 4. The normalized spacial score (nSPS) is 9.68. The summed E-state index contributed by atoms with van der Waals surface area (Å²) < 4.78 is 0. The van der Waals surface area contributed by atoms with Crippen LogP contribution in [0.25, 0.3) is 0 Å². The van der Waals surface area contributed by atoms with E-state index in [4.69, 9.17) is 0 Å². The van der Waals surface area contributed by atoms with E-state index in [0.29, 0.717) is 0 Å². The topological polar surface area (TPSA) is 38.0 Å². The lowest BCUT2D eigenvalue weighted by Crippen LogP contribution is -2.11. The van der Waals surface area contributed by atoms with Gasteiger partial charge in [0.25, 0.3) is 0 Å². The van der Waals surface area contributed by atoms with Gasteiger partial charge in [-0.1, -0.05) is 67.9 Å². The highest BCUT2D eigenvalue weighted by Gasteiger charge is 2.12. The molecule has 0 radical (unpaired) electrons. The molecule has 0 heterocycles. The minimum Gasteiger partial charge on any atom is -0.412 e. The van der Waals surface area contributed by atoms with Crippen molar-refractivity contribution >= 4 is 28.4 Å². The maximum atomic E-state index is 2.27. The van der Waals surface area contributed by atoms with Gasteiger partial charge in [0.1, 0.15) is 0 Å². The molecule has 0 aliphatic heterocycles. The summed E-state index contributed by atoms with van der Waals surface area (Å²) in [7, 11) is 2.10. The number of anilines is 5. The number of hydrogen-bond acceptors (Lipinski definition) is 2. The fourth-order valence-electron chi connectivity index (χ4n) is 3.34. The summed E-state index contributed by atoms with van der Waals surface area (Å²) in [6.07, 6.45) is 0. The molecular formula is C28H32N2O. The highest BCUT2D eigenvalue weighted by atomic mass is 16.0. The first-order valence-electron chi connectivity index (χ1n) is 10.5. The fourth-order valence-corrected chi connectivity index (χ4v) is 3.34. The summed E-state index contributed by atoms with van der Waals surface area (Å²) >= 11 is 0. The quantitative estimate of drug-likeness (QED) is 0.342. The van der Waals surface area contributed by atoms with Crippen molar-refractivity contribution in [3.8, 4) is 0 Å². The molecule has 0 bridgehead atoms. The van der Waals surface area contributed by atoms with Crippen LogP contribution in [0.3, 0.4) is 0 Å². The molecule has 4 aromatic carbocycles. The molecule has 0 aromatic heterocycles. The number of hydrogen-bond donors (Lipinski definition) is 0. The zero-order valence-corrected chi connectivity index (χ0v) is 18.8. The Bertz CT molecular complexity index is 975. The lowest BCUT2D eigenvalue weighted by atomic mass is 10.1. The van der Waals surface area contributed by atoms with E-state index < -0.39 is 0 Å². The molecule has 0 aliphatic rings. The van der Waals surface area contributed by atoms with E-state index in [1.54, 1.807) is 0 Å². The molecule has 3 nitrogen and oxygen atoms in total. The Hall–Kier alpha value is -3.56. The third-order valence-corrected chi connectivity index (χ3v) is 4.95. The molecule has 0 atom stereocenters. The first-order valence-corrected chi connectivity index (χ1v) is 10.5. The van der Waals surface area contributed by atoms with Crippen LogP contribution in [0.5, 0.6) is 0 Å². The second kappa shape index (κ2) is 11.6. The average Bonchev–Trinajstić information content (AvgIpc) is 2.82. The second-order valence-electron chi connectivity index (χ2n) is 6.92. The van der Waals surface area contributed by atoms with E-state index in [1.807, 2.05) is 26.0 Å². The summed E-state index contributed by atoms with van der Waals surface area (Å²) in [4.78, 5) is 4.48. The molecule has 31 heavy (non-hydrogen) atoms. The van der Waals surface area contributed by atoms with E-state index in [2.05, 4.69) is 121 Å². The first kappa shape index (κ1) is 23.7. The fraction of sp³-hybridized carbons (Fsp3) is 0.143. The standard InChI is InChI=1S/C26H24N2.C2H6.H2O/c1-21-13-15-22(16-14-21)27(2)23-17-19-26(20-18-23)28(24-9-5-3-6-10-24)25-11-7-4-8-12-25;1-2;/h3-20H,1-2H3;1-2H3;1H2. The van der Waals surface area contributed by atoms with E-state index >= 15 is 0 Å². The molecule has 0 unspecified atom stereocenters. The zero-order chi connectivity index (χ0) is 21.3. The zero-order valence-electron chi connectivity index (χ0n) is 18.8. The van der Waals surface area contributed by atoms with Crippen LogP contribution in [0.1, 0.15) is 19.4 Å². The molecular weight excluding hydrogens is 380 g/mol. The number of para-hydroxylation sites is 2. The van der Waals surface area contributed by atoms with Crippen molar-refractivity contribution in [2.75, 3.05) is 16.8 Å². The minimum atomic E-state index is 0. The molecule has 3 heteroatoms. The molecule has 0 saturated carbocycles. The van der Waals surface area contributed by atoms with E-state index in [0.717, 1.165) is 22.7 Å². The molecule has 0 spiro atoms. The molecule has 0 saturated heterocycles. The Kier molecular flexibility index (Phi) is 8.86. The van der Waals surface area contributed by atoms with E-state index in [-0.39, 0.29) is 5.48 Å². The van der Waals surface area contributed by atoms with E-state index in [1.165, 1.54) is 11.3 Å². The second-order valence-corrected chi connectivity index (χ2v) is 6.92. The Labute approximate surface area is 186 Å². The Morgan fingerprint density at radius 2 is 0.774 bits per heavy atom. The maximum absolute atomic E-state index is 2.27. The molecule has 0 aliphatic carbocycles. The molecule has 4 rings (SSSR count). The SMILES string of the molecule is CC.Cc1ccc(N(C)c2ccc(N(c3ccccc3)c3ccccc3)cc2)cc1.O. The molecule has 160 valence electrons. The minimum absolute atomic E-state index is 0. The third kappa shape index (κ3) is 5.74. The van der Waals surface area contributed by atoms with Gasteiger partial charge in [-0.25, -0.2) is 0 Å². The smallest absolute Gasteiger partial charge is 0.0463 e. The predicted molar refractivity (Wildman–Crippen MR) is 135 cm³/mol. The van der Waals surface area contributed by atoms with E-state index in [9.17, 15) is 0 Å². The molecule has 4 aromatic rings. The van der Waals surface area contributed by atoms with Crippen molar-refractivity contribution in [2.45, 2.75) is 20.8 Å². The van der Waals surface area contributed by atoms with Crippen LogP contribution in [0.15, 0.2) is 109 Å². The van der Waals surface area contributed by atoms with Gasteiger partial charge >= 0.3 is 0 Å². The highest BCUT2D eigenvalue weighted by Crippen LogP contribution is 2.35. The van der Waals surface area contributed by atoms with Crippen LogP contribution < -0.4 is 9.80 Å². The number of nitrogens with zero attached hydrogens (tertiary/aromatic N) is 2. The lowest BCUT2D eigenvalue weighted by Gasteiger charge is -2.26. The largest absolute Gasteiger partial charge is 0.412 e. The summed E-state index contributed by atoms with van der Waals surface area (Å²) in [5, 5.41) is 0. The summed E-state index contributed by atoms with van der Waals surface area (Å²) in [5.41, 5.74) is 7.05. The molecule has 0 amide bonds. The van der Waals surface area contributed by atoms with Crippen molar-refractivity contribution in [1.82, 2.24) is 0 Å². The summed E-state index contributed by atoms with van der Waals surface area (Å²) in [5.74, 6) is 0. The van der Waals surface area contributed by atoms with Crippen molar-refractivity contribution in [2.24, 2.45) is 0 Å². The molecule has 0 fully saturated rings. The van der Waals surface area contributed by atoms with Crippen LogP contribution >= 0.6 is 0 Å². The van der Waals surface area contributed by atoms with Crippen molar-refractivity contribution < 1.29 is 5.48 Å². The number of aryl methyl sites for hydroxylation is 1. The Morgan fingerprint density at radius 3 is 1.19 bits per heavy atom. The lowest BCUT2D eigenvalue weighted by molar-refractivity contribution is 0.824. The van der Waals surface area contributed by atoms with Crippen LogP contribution in [-0.4, -0.2) is 12.5 Å². The summed E-state index contributed by atoms with van der Waals surface area (Å²) in [6, 6.07) is 38.3. The Balaban J connectivity index is 0.00000111. The average molecular weight is 413 g/mol. The van der Waals surface area contributed by atoms with Gasteiger partial charge in [0.2, 0.25) is 0 Å². The highest BCUT2D eigenvalue weighted by molar-refractivity contribution is 5.77. The van der Waals surface area contributed by atoms with Gasteiger partial charge < -0.3 is 15.3 Å².